The summed E-state index contributed by atoms with van der Waals surface area (Å²) in [6.45, 7) is 9.01. The van der Waals surface area contributed by atoms with Crippen molar-refractivity contribution in [1.82, 2.24) is 5.32 Å². The minimum Gasteiger partial charge on any atom is -0.388 e. The van der Waals surface area contributed by atoms with E-state index in [-0.39, 0.29) is 5.41 Å². The number of nitrogens with one attached hydrogen (secondary N) is 1. The van der Waals surface area contributed by atoms with Gasteiger partial charge in [-0.15, -0.1) is 0 Å². The molecule has 2 heteroatoms. The SMILES string of the molecule is C[C@@H]1C([C@H]2N=CC2(C)C)=CN[C@@H]1C. The molecule has 0 aromatic rings. The van der Waals surface area contributed by atoms with E-state index in [4.69, 9.17) is 0 Å². The molecule has 72 valence electrons. The summed E-state index contributed by atoms with van der Waals surface area (Å²) in [5.74, 6) is 0.627. The Balaban J connectivity index is 2.16. The van der Waals surface area contributed by atoms with Crippen LogP contribution >= 0.6 is 0 Å². The quantitative estimate of drug-likeness (QED) is 0.652. The monoisotopic (exact) mass is 178 g/mol. The fourth-order valence-electron chi connectivity index (χ4n) is 2.08. The molecule has 2 aliphatic heterocycles. The highest BCUT2D eigenvalue weighted by atomic mass is 15.0. The van der Waals surface area contributed by atoms with Crippen molar-refractivity contribution < 1.29 is 0 Å². The Bertz CT molecular complexity index is 276. The van der Waals surface area contributed by atoms with Crippen molar-refractivity contribution >= 4 is 6.21 Å². The fourth-order valence-corrected chi connectivity index (χ4v) is 2.08. The second kappa shape index (κ2) is 2.60. The van der Waals surface area contributed by atoms with E-state index >= 15 is 0 Å². The third kappa shape index (κ3) is 1.19. The molecular weight excluding hydrogens is 160 g/mol. The van der Waals surface area contributed by atoms with Crippen molar-refractivity contribution in [2.24, 2.45) is 16.3 Å². The van der Waals surface area contributed by atoms with Gasteiger partial charge >= 0.3 is 0 Å². The van der Waals surface area contributed by atoms with E-state index in [1.165, 1.54) is 5.57 Å². The summed E-state index contributed by atoms with van der Waals surface area (Å²) >= 11 is 0. The van der Waals surface area contributed by atoms with E-state index in [2.05, 4.69) is 50.4 Å². The third-order valence-electron chi connectivity index (χ3n) is 3.37. The summed E-state index contributed by atoms with van der Waals surface area (Å²) in [7, 11) is 0. The van der Waals surface area contributed by atoms with Crippen molar-refractivity contribution in [1.29, 1.82) is 0 Å². The second-order valence-electron chi connectivity index (χ2n) is 4.89. The first-order valence-electron chi connectivity index (χ1n) is 5.03. The van der Waals surface area contributed by atoms with Crippen LogP contribution in [0.4, 0.5) is 0 Å². The van der Waals surface area contributed by atoms with E-state index in [0.717, 1.165) is 0 Å². The van der Waals surface area contributed by atoms with E-state index in [1.54, 1.807) is 0 Å². The molecule has 2 aliphatic rings. The summed E-state index contributed by atoms with van der Waals surface area (Å²) in [4.78, 5) is 4.46. The Morgan fingerprint density at radius 3 is 2.38 bits per heavy atom. The minimum absolute atomic E-state index is 0.270. The van der Waals surface area contributed by atoms with Gasteiger partial charge in [0, 0.05) is 23.6 Å². The van der Waals surface area contributed by atoms with Gasteiger partial charge in [0.15, 0.2) is 0 Å². The molecular formula is C11H18N2. The average Bonchev–Trinajstić information content (AvgIpc) is 2.35. The van der Waals surface area contributed by atoms with Gasteiger partial charge in [0.1, 0.15) is 0 Å². The molecule has 1 N–H and O–H groups in total. The van der Waals surface area contributed by atoms with Crippen molar-refractivity contribution in [2.75, 3.05) is 0 Å². The Labute approximate surface area is 80.1 Å². The lowest BCUT2D eigenvalue weighted by Crippen LogP contribution is -2.41. The maximum Gasteiger partial charge on any atom is 0.0825 e. The van der Waals surface area contributed by atoms with Gasteiger partial charge in [-0.3, -0.25) is 4.99 Å². The Kier molecular flexibility index (Phi) is 1.76. The Morgan fingerprint density at radius 1 is 1.38 bits per heavy atom. The zero-order valence-electron chi connectivity index (χ0n) is 8.83. The summed E-state index contributed by atoms with van der Waals surface area (Å²) in [6.07, 6.45) is 4.23. The summed E-state index contributed by atoms with van der Waals surface area (Å²) < 4.78 is 0. The molecule has 0 saturated heterocycles. The molecule has 3 atom stereocenters. The summed E-state index contributed by atoms with van der Waals surface area (Å²) in [5, 5.41) is 3.37. The summed E-state index contributed by atoms with van der Waals surface area (Å²) in [6, 6.07) is 0.988. The Hall–Kier alpha value is -0.790. The zero-order valence-corrected chi connectivity index (χ0v) is 8.83. The van der Waals surface area contributed by atoms with Crippen molar-refractivity contribution in [3.63, 3.8) is 0 Å². The summed E-state index contributed by atoms with van der Waals surface area (Å²) in [5.41, 5.74) is 1.74. The number of aliphatic imine (C=N–C) groups is 1. The molecule has 0 aromatic heterocycles. The number of rotatable bonds is 1. The maximum atomic E-state index is 4.46. The molecule has 0 unspecified atom stereocenters. The van der Waals surface area contributed by atoms with Crippen LogP contribution in [-0.2, 0) is 0 Å². The van der Waals surface area contributed by atoms with Crippen LogP contribution in [0.3, 0.4) is 0 Å². The van der Waals surface area contributed by atoms with Gasteiger partial charge in [0.25, 0.3) is 0 Å². The van der Waals surface area contributed by atoms with Gasteiger partial charge in [0.05, 0.1) is 6.04 Å². The topological polar surface area (TPSA) is 24.4 Å². The van der Waals surface area contributed by atoms with Crippen molar-refractivity contribution in [3.8, 4) is 0 Å². The zero-order chi connectivity index (χ0) is 9.64. The third-order valence-corrected chi connectivity index (χ3v) is 3.37. The molecule has 0 radical (unpaired) electrons. The maximum absolute atomic E-state index is 4.46. The largest absolute Gasteiger partial charge is 0.388 e. The highest BCUT2D eigenvalue weighted by Crippen LogP contribution is 2.39. The average molecular weight is 178 g/mol. The highest BCUT2D eigenvalue weighted by molar-refractivity contribution is 5.74. The van der Waals surface area contributed by atoms with Gasteiger partial charge in [-0.25, -0.2) is 0 Å². The first-order chi connectivity index (χ1) is 6.02. The van der Waals surface area contributed by atoms with Gasteiger partial charge in [-0.05, 0) is 18.7 Å². The molecule has 0 saturated carbocycles. The second-order valence-corrected chi connectivity index (χ2v) is 4.89. The fraction of sp³-hybridized carbons (Fsp3) is 0.727. The van der Waals surface area contributed by atoms with Gasteiger partial charge in [0.2, 0.25) is 0 Å². The normalized spacial score (nSPS) is 40.9. The molecule has 0 aromatic carbocycles. The molecule has 0 amide bonds. The standard InChI is InChI=1S/C11H18N2/c1-7-8(2)12-5-9(7)10-11(3,4)6-13-10/h5-8,10,12H,1-4H3/t7-,8+,10+/m0/s1. The van der Waals surface area contributed by atoms with Crippen molar-refractivity contribution in [3.05, 3.63) is 11.8 Å². The highest BCUT2D eigenvalue weighted by Gasteiger charge is 2.40. The van der Waals surface area contributed by atoms with Crippen molar-refractivity contribution in [2.45, 2.75) is 39.8 Å². The van der Waals surface area contributed by atoms with E-state index in [0.29, 0.717) is 18.0 Å². The van der Waals surface area contributed by atoms with E-state index in [9.17, 15) is 0 Å². The molecule has 0 spiro atoms. The van der Waals surface area contributed by atoms with E-state index in [1.807, 2.05) is 0 Å². The predicted octanol–water partition coefficient (Wildman–Crippen LogP) is 1.98. The minimum atomic E-state index is 0.270. The lowest BCUT2D eigenvalue weighted by atomic mass is 9.74. The number of hydrogen-bond donors (Lipinski definition) is 1. The van der Waals surface area contributed by atoms with Crippen LogP contribution in [0.2, 0.25) is 0 Å². The first kappa shape index (κ1) is 8.79. The molecule has 2 rings (SSSR count). The Morgan fingerprint density at radius 2 is 2.08 bits per heavy atom. The van der Waals surface area contributed by atoms with Crippen LogP contribution in [-0.4, -0.2) is 18.3 Å². The number of hydrogen-bond acceptors (Lipinski definition) is 2. The number of nitrogens with zero attached hydrogens (tertiary/aromatic N) is 1. The predicted molar refractivity (Wildman–Crippen MR) is 55.9 cm³/mol. The lowest BCUT2D eigenvalue weighted by Gasteiger charge is -2.38. The molecule has 0 bridgehead atoms. The van der Waals surface area contributed by atoms with Crippen LogP contribution < -0.4 is 5.32 Å². The van der Waals surface area contributed by atoms with Crippen LogP contribution in [0.25, 0.3) is 0 Å². The van der Waals surface area contributed by atoms with Gasteiger partial charge in [-0.1, -0.05) is 20.8 Å². The van der Waals surface area contributed by atoms with Crippen LogP contribution in [0.15, 0.2) is 16.8 Å². The van der Waals surface area contributed by atoms with Crippen LogP contribution in [0, 0.1) is 11.3 Å². The first-order valence-corrected chi connectivity index (χ1v) is 5.03. The van der Waals surface area contributed by atoms with Gasteiger partial charge in [-0.2, -0.15) is 0 Å². The molecule has 0 fully saturated rings. The molecule has 2 nitrogen and oxygen atoms in total. The van der Waals surface area contributed by atoms with Crippen LogP contribution in [0.1, 0.15) is 27.7 Å². The molecule has 0 aliphatic carbocycles. The molecule has 2 heterocycles. The van der Waals surface area contributed by atoms with E-state index < -0.39 is 0 Å². The lowest BCUT2D eigenvalue weighted by molar-refractivity contribution is 0.380. The van der Waals surface area contributed by atoms with Crippen LogP contribution in [0.5, 0.6) is 0 Å². The van der Waals surface area contributed by atoms with Gasteiger partial charge < -0.3 is 5.32 Å². The molecule has 13 heavy (non-hydrogen) atoms. The smallest absolute Gasteiger partial charge is 0.0825 e.